The van der Waals surface area contributed by atoms with Gasteiger partial charge in [-0.25, -0.2) is 9.98 Å². The first-order valence-corrected chi connectivity index (χ1v) is 12.4. The van der Waals surface area contributed by atoms with Crippen LogP contribution in [0.15, 0.2) is 40.4 Å². The van der Waals surface area contributed by atoms with Crippen LogP contribution < -0.4 is 10.3 Å². The fraction of sp³-hybridized carbons (Fsp3) is 0.538. The molecule has 1 aliphatic carbocycles. The molecule has 1 aromatic carbocycles. The van der Waals surface area contributed by atoms with Crippen LogP contribution in [0, 0.1) is 5.92 Å². The summed E-state index contributed by atoms with van der Waals surface area (Å²) in [6.07, 6.45) is 7.04. The standard InChI is InChI=1S/C26H32N4O5/c1-26(34)23(29-22-24(33)27-15-28-25(22)35-26)19-8-6-18(7-9-19)17-4-2-16(3-5-17)14-21(32)30-12-10-20(31)11-13-30/h6-9,15-17,20,31,34H,2-5,10-14H2,1H3,(H,27,28,33). The smallest absolute Gasteiger partial charge is 0.280 e. The van der Waals surface area contributed by atoms with E-state index in [1.54, 1.807) is 0 Å². The van der Waals surface area contributed by atoms with Gasteiger partial charge in [-0.15, -0.1) is 0 Å². The maximum atomic E-state index is 12.6. The molecule has 1 saturated carbocycles. The third-order valence-corrected chi connectivity index (χ3v) is 7.54. The predicted molar refractivity (Wildman–Crippen MR) is 130 cm³/mol. The molecule has 2 aliphatic heterocycles. The molecule has 35 heavy (non-hydrogen) atoms. The number of amides is 1. The summed E-state index contributed by atoms with van der Waals surface area (Å²) in [6, 6.07) is 7.90. The van der Waals surface area contributed by atoms with Crippen LogP contribution >= 0.6 is 0 Å². The van der Waals surface area contributed by atoms with E-state index in [9.17, 15) is 19.8 Å². The van der Waals surface area contributed by atoms with Crippen LogP contribution in [0.25, 0.3) is 0 Å². The number of carbonyl (C=O) groups excluding carboxylic acids is 1. The monoisotopic (exact) mass is 480 g/mol. The number of piperidine rings is 1. The molecule has 2 aromatic rings. The Kier molecular flexibility index (Phi) is 6.46. The van der Waals surface area contributed by atoms with Gasteiger partial charge in [0.25, 0.3) is 11.3 Å². The lowest BCUT2D eigenvalue weighted by molar-refractivity contribution is -0.134. The summed E-state index contributed by atoms with van der Waals surface area (Å²) in [7, 11) is 0. The summed E-state index contributed by atoms with van der Waals surface area (Å²) in [5, 5.41) is 20.5. The number of fused-ring (bicyclic) bond motifs is 1. The molecule has 3 N–H and O–H groups in total. The number of aromatic nitrogens is 2. The van der Waals surface area contributed by atoms with Gasteiger partial charge in [-0.3, -0.25) is 9.59 Å². The molecule has 9 nitrogen and oxygen atoms in total. The fourth-order valence-corrected chi connectivity index (χ4v) is 5.44. The second-order valence-corrected chi connectivity index (χ2v) is 10.1. The third kappa shape index (κ3) is 5.01. The molecule has 3 aliphatic rings. The first-order valence-electron chi connectivity index (χ1n) is 12.4. The number of ether oxygens (including phenoxy) is 1. The van der Waals surface area contributed by atoms with Crippen LogP contribution in [-0.4, -0.2) is 61.7 Å². The Balaban J connectivity index is 1.21. The largest absolute Gasteiger partial charge is 0.438 e. The Morgan fingerprint density at radius 1 is 1.14 bits per heavy atom. The van der Waals surface area contributed by atoms with Crippen molar-refractivity contribution >= 4 is 17.3 Å². The Bertz CT molecular complexity index is 1160. The highest BCUT2D eigenvalue weighted by atomic mass is 16.6. The molecule has 1 unspecified atom stereocenters. The Hall–Kier alpha value is -3.04. The zero-order valence-corrected chi connectivity index (χ0v) is 19.9. The highest BCUT2D eigenvalue weighted by molar-refractivity contribution is 6.07. The molecule has 186 valence electrons. The summed E-state index contributed by atoms with van der Waals surface area (Å²) in [5.41, 5.74) is 1.79. The van der Waals surface area contributed by atoms with Gasteiger partial charge in [0, 0.05) is 32.0 Å². The number of aliphatic imine (C=N–C) groups is 1. The number of nitrogens with one attached hydrogen (secondary N) is 1. The van der Waals surface area contributed by atoms with Gasteiger partial charge in [0.1, 0.15) is 5.71 Å². The first-order chi connectivity index (χ1) is 16.8. The first kappa shape index (κ1) is 23.7. The molecule has 1 atom stereocenters. The van der Waals surface area contributed by atoms with E-state index in [1.807, 2.05) is 29.2 Å². The lowest BCUT2D eigenvalue weighted by Gasteiger charge is -2.33. The normalized spacial score (nSPS) is 27.1. The third-order valence-electron chi connectivity index (χ3n) is 7.54. The van der Waals surface area contributed by atoms with E-state index in [0.717, 1.165) is 25.7 Å². The maximum absolute atomic E-state index is 12.6. The zero-order chi connectivity index (χ0) is 24.6. The van der Waals surface area contributed by atoms with Gasteiger partial charge < -0.3 is 24.8 Å². The molecule has 2 fully saturated rings. The van der Waals surface area contributed by atoms with E-state index in [4.69, 9.17) is 4.74 Å². The summed E-state index contributed by atoms with van der Waals surface area (Å²) < 4.78 is 5.56. The van der Waals surface area contributed by atoms with Crippen LogP contribution in [0.5, 0.6) is 5.88 Å². The highest BCUT2D eigenvalue weighted by Crippen LogP contribution is 2.38. The van der Waals surface area contributed by atoms with Gasteiger partial charge in [-0.05, 0) is 55.9 Å². The highest BCUT2D eigenvalue weighted by Gasteiger charge is 2.37. The molecular weight excluding hydrogens is 448 g/mol. The number of hydrogen-bond acceptors (Lipinski definition) is 7. The van der Waals surface area contributed by atoms with Gasteiger partial charge in [0.05, 0.1) is 12.4 Å². The quantitative estimate of drug-likeness (QED) is 0.617. The van der Waals surface area contributed by atoms with Crippen molar-refractivity contribution in [3.63, 3.8) is 0 Å². The number of hydrogen-bond donors (Lipinski definition) is 3. The fourth-order valence-electron chi connectivity index (χ4n) is 5.44. The molecule has 3 heterocycles. The summed E-state index contributed by atoms with van der Waals surface area (Å²) >= 11 is 0. The lowest BCUT2D eigenvalue weighted by Crippen LogP contribution is -2.44. The van der Waals surface area contributed by atoms with Crippen molar-refractivity contribution < 1.29 is 19.7 Å². The molecule has 9 heteroatoms. The summed E-state index contributed by atoms with van der Waals surface area (Å²) in [5.74, 6) is -0.624. The molecule has 1 saturated heterocycles. The van der Waals surface area contributed by atoms with Crippen molar-refractivity contribution in [2.24, 2.45) is 10.9 Å². The number of aromatic amines is 1. The number of aliphatic hydroxyl groups is 2. The van der Waals surface area contributed by atoms with Crippen molar-refractivity contribution in [1.29, 1.82) is 0 Å². The molecule has 0 radical (unpaired) electrons. The van der Waals surface area contributed by atoms with Crippen LogP contribution in [-0.2, 0) is 4.79 Å². The molecule has 1 amide bonds. The minimum Gasteiger partial charge on any atom is -0.438 e. The number of likely N-dealkylation sites (tertiary alicyclic amines) is 1. The number of rotatable bonds is 4. The van der Waals surface area contributed by atoms with Crippen LogP contribution in [0.2, 0.25) is 0 Å². The van der Waals surface area contributed by atoms with Crippen molar-refractivity contribution in [1.82, 2.24) is 14.9 Å². The SMILES string of the molecule is CC1(O)Oc2nc[nH]c(=O)c2N=C1c1ccc(C2CCC(CC(=O)N3CCC(O)CC3)CC2)cc1. The molecular formula is C26H32N4O5. The topological polar surface area (TPSA) is 128 Å². The molecule has 1 aromatic heterocycles. The van der Waals surface area contributed by atoms with Crippen LogP contribution in [0.3, 0.4) is 0 Å². The molecule has 0 bridgehead atoms. The Morgan fingerprint density at radius 3 is 2.51 bits per heavy atom. The van der Waals surface area contributed by atoms with Crippen LogP contribution in [0.4, 0.5) is 5.69 Å². The van der Waals surface area contributed by atoms with E-state index in [2.05, 4.69) is 15.0 Å². The van der Waals surface area contributed by atoms with Crippen LogP contribution in [0.1, 0.15) is 68.9 Å². The van der Waals surface area contributed by atoms with E-state index in [1.165, 1.54) is 18.8 Å². The van der Waals surface area contributed by atoms with Gasteiger partial charge in [0.15, 0.2) is 5.69 Å². The number of aliphatic hydroxyl groups excluding tert-OH is 1. The second kappa shape index (κ2) is 9.54. The van der Waals surface area contributed by atoms with Crippen molar-refractivity contribution in [2.75, 3.05) is 13.1 Å². The van der Waals surface area contributed by atoms with E-state index < -0.39 is 11.3 Å². The Morgan fingerprint density at radius 2 is 1.83 bits per heavy atom. The lowest BCUT2D eigenvalue weighted by atomic mass is 9.77. The number of nitrogens with zero attached hydrogens (tertiary/aromatic N) is 3. The molecule has 5 rings (SSSR count). The van der Waals surface area contributed by atoms with Gasteiger partial charge in [-0.2, -0.15) is 0 Å². The van der Waals surface area contributed by atoms with E-state index in [0.29, 0.717) is 49.8 Å². The van der Waals surface area contributed by atoms with Gasteiger partial charge in [-0.1, -0.05) is 24.3 Å². The number of carbonyl (C=O) groups is 1. The molecule has 0 spiro atoms. The average Bonchev–Trinajstić information content (AvgIpc) is 2.84. The maximum Gasteiger partial charge on any atom is 0.280 e. The summed E-state index contributed by atoms with van der Waals surface area (Å²) in [4.78, 5) is 37.5. The Labute approximate surface area is 203 Å². The van der Waals surface area contributed by atoms with Crippen molar-refractivity contribution in [3.05, 3.63) is 52.1 Å². The van der Waals surface area contributed by atoms with E-state index in [-0.39, 0.29) is 29.3 Å². The predicted octanol–water partition coefficient (Wildman–Crippen LogP) is 2.64. The second-order valence-electron chi connectivity index (χ2n) is 10.1. The van der Waals surface area contributed by atoms with Crippen molar-refractivity contribution in [3.8, 4) is 5.88 Å². The van der Waals surface area contributed by atoms with Crippen molar-refractivity contribution in [2.45, 2.75) is 69.7 Å². The van der Waals surface area contributed by atoms with E-state index >= 15 is 0 Å². The summed E-state index contributed by atoms with van der Waals surface area (Å²) in [6.45, 7) is 2.82. The zero-order valence-electron chi connectivity index (χ0n) is 19.9. The number of H-pyrrole nitrogens is 1. The van der Waals surface area contributed by atoms with Gasteiger partial charge in [0.2, 0.25) is 11.8 Å². The number of benzene rings is 1. The van der Waals surface area contributed by atoms with Gasteiger partial charge >= 0.3 is 0 Å². The minimum atomic E-state index is -1.70. The minimum absolute atomic E-state index is 0.00670. The average molecular weight is 481 g/mol.